The first-order valence-corrected chi connectivity index (χ1v) is 7.36. The smallest absolute Gasteiger partial charge is 0.330 e. The summed E-state index contributed by atoms with van der Waals surface area (Å²) in [6.45, 7) is 2.44. The molecule has 2 heterocycles. The fraction of sp³-hybridized carbons (Fsp3) is 0.222. The highest BCUT2D eigenvalue weighted by Gasteiger charge is 2.24. The van der Waals surface area contributed by atoms with Crippen molar-refractivity contribution in [3.63, 3.8) is 0 Å². The lowest BCUT2D eigenvalue weighted by atomic mass is 10.0. The van der Waals surface area contributed by atoms with E-state index in [1.54, 1.807) is 12.3 Å². The highest BCUT2D eigenvalue weighted by atomic mass is 16.7. The molecule has 3 rings (SSSR count). The summed E-state index contributed by atoms with van der Waals surface area (Å²) in [6.07, 6.45) is 4.04. The van der Waals surface area contributed by atoms with Crippen LogP contribution in [0, 0.1) is 0 Å². The largest absolute Gasteiger partial charge is 0.467 e. The van der Waals surface area contributed by atoms with E-state index < -0.39 is 12.3 Å². The van der Waals surface area contributed by atoms with Crippen molar-refractivity contribution in [1.82, 2.24) is 4.98 Å². The summed E-state index contributed by atoms with van der Waals surface area (Å²) in [5.41, 5.74) is 3.17. The minimum atomic E-state index is -0.498. The Kier molecular flexibility index (Phi) is 4.39. The van der Waals surface area contributed by atoms with Crippen molar-refractivity contribution < 1.29 is 19.0 Å². The van der Waals surface area contributed by atoms with Crippen molar-refractivity contribution in [3.05, 3.63) is 60.0 Å². The van der Waals surface area contributed by atoms with Gasteiger partial charge in [0.2, 0.25) is 6.29 Å². The van der Waals surface area contributed by atoms with Crippen molar-refractivity contribution in [2.24, 2.45) is 0 Å². The molecule has 2 aromatic rings. The number of hydrogen-bond donors (Lipinski definition) is 0. The van der Waals surface area contributed by atoms with Crippen molar-refractivity contribution in [1.29, 1.82) is 0 Å². The lowest BCUT2D eigenvalue weighted by Gasteiger charge is -2.24. The van der Waals surface area contributed by atoms with Crippen LogP contribution < -0.4 is 0 Å². The minimum absolute atomic E-state index is 0.430. The molecule has 0 radical (unpaired) electrons. The van der Waals surface area contributed by atoms with Crippen LogP contribution in [0.3, 0.4) is 0 Å². The van der Waals surface area contributed by atoms with Crippen LogP contribution in [0.2, 0.25) is 0 Å². The number of ether oxygens (including phenoxy) is 3. The maximum absolute atomic E-state index is 11.3. The molecule has 5 heteroatoms. The van der Waals surface area contributed by atoms with E-state index in [9.17, 15) is 4.79 Å². The maximum atomic E-state index is 11.3. The van der Waals surface area contributed by atoms with Gasteiger partial charge in [0.25, 0.3) is 0 Å². The molecule has 1 aliphatic heterocycles. The van der Waals surface area contributed by atoms with Gasteiger partial charge in [-0.25, -0.2) is 9.78 Å². The average Bonchev–Trinajstić information content (AvgIpc) is 2.59. The van der Waals surface area contributed by atoms with Crippen LogP contribution in [-0.2, 0) is 19.0 Å². The fourth-order valence-corrected chi connectivity index (χ4v) is 2.43. The van der Waals surface area contributed by atoms with Gasteiger partial charge >= 0.3 is 5.97 Å². The molecule has 0 saturated carbocycles. The number of rotatable bonds is 4. The van der Waals surface area contributed by atoms with E-state index in [4.69, 9.17) is 14.5 Å². The Morgan fingerprint density at radius 3 is 3.00 bits per heavy atom. The van der Waals surface area contributed by atoms with Gasteiger partial charge in [-0.05, 0) is 25.1 Å². The number of methoxy groups -OCH3 is 1. The van der Waals surface area contributed by atoms with Gasteiger partial charge < -0.3 is 14.2 Å². The summed E-state index contributed by atoms with van der Waals surface area (Å²) in [5.74, 6) is -0.430. The molecule has 0 bridgehead atoms. The molecule has 0 aliphatic carbocycles. The minimum Gasteiger partial charge on any atom is -0.467 e. The standard InChI is InChI=1S/C18H17NO4/c1-3-22-18-14-10-12-6-4-5-7-15(12)19-17(14)13(11-23-18)8-9-16(20)21-2/h4-11,18H,3H2,1-2H3/b9-8+. The molecule has 23 heavy (non-hydrogen) atoms. The Morgan fingerprint density at radius 2 is 2.22 bits per heavy atom. The van der Waals surface area contributed by atoms with Crippen molar-refractivity contribution in [3.8, 4) is 0 Å². The molecule has 118 valence electrons. The van der Waals surface area contributed by atoms with Crippen molar-refractivity contribution >= 4 is 22.4 Å². The quantitative estimate of drug-likeness (QED) is 0.640. The van der Waals surface area contributed by atoms with E-state index >= 15 is 0 Å². The number of aromatic nitrogens is 1. The van der Waals surface area contributed by atoms with Crippen molar-refractivity contribution in [2.45, 2.75) is 13.2 Å². The number of hydrogen-bond acceptors (Lipinski definition) is 5. The number of esters is 1. The molecule has 1 aromatic heterocycles. The predicted molar refractivity (Wildman–Crippen MR) is 86.3 cm³/mol. The Morgan fingerprint density at radius 1 is 1.39 bits per heavy atom. The molecule has 1 unspecified atom stereocenters. The van der Waals surface area contributed by atoms with Crippen LogP contribution in [0.1, 0.15) is 24.5 Å². The zero-order valence-electron chi connectivity index (χ0n) is 13.0. The fourth-order valence-electron chi connectivity index (χ4n) is 2.43. The first-order valence-electron chi connectivity index (χ1n) is 7.36. The summed E-state index contributed by atoms with van der Waals surface area (Å²) in [6, 6.07) is 9.85. The summed E-state index contributed by atoms with van der Waals surface area (Å²) >= 11 is 0. The van der Waals surface area contributed by atoms with E-state index in [0.717, 1.165) is 22.2 Å². The highest BCUT2D eigenvalue weighted by Crippen LogP contribution is 2.34. The van der Waals surface area contributed by atoms with E-state index in [1.165, 1.54) is 13.2 Å². The third-order valence-corrected chi connectivity index (χ3v) is 3.52. The molecule has 0 spiro atoms. The molecule has 0 fully saturated rings. The molecule has 0 amide bonds. The second-order valence-electron chi connectivity index (χ2n) is 4.97. The van der Waals surface area contributed by atoms with Gasteiger partial charge in [0.05, 0.1) is 24.6 Å². The van der Waals surface area contributed by atoms with Crippen LogP contribution in [0.5, 0.6) is 0 Å². The number of nitrogens with zero attached hydrogens (tertiary/aromatic N) is 1. The van der Waals surface area contributed by atoms with Gasteiger partial charge in [-0.2, -0.15) is 0 Å². The van der Waals surface area contributed by atoms with E-state index in [-0.39, 0.29) is 0 Å². The molecule has 0 saturated heterocycles. The van der Waals surface area contributed by atoms with Crippen LogP contribution in [0.15, 0.2) is 48.7 Å². The Labute approximate surface area is 134 Å². The van der Waals surface area contributed by atoms with Gasteiger partial charge in [0.15, 0.2) is 0 Å². The molecule has 1 aliphatic rings. The van der Waals surface area contributed by atoms with Crippen LogP contribution in [0.25, 0.3) is 16.5 Å². The lowest BCUT2D eigenvalue weighted by molar-refractivity contribution is -0.134. The van der Waals surface area contributed by atoms with Gasteiger partial charge in [0, 0.05) is 29.2 Å². The second-order valence-corrected chi connectivity index (χ2v) is 4.97. The number of carbonyl (C=O) groups excluding carboxylic acids is 1. The van der Waals surface area contributed by atoms with E-state index in [2.05, 4.69) is 4.74 Å². The van der Waals surface area contributed by atoms with Crippen LogP contribution >= 0.6 is 0 Å². The van der Waals surface area contributed by atoms with Crippen LogP contribution in [-0.4, -0.2) is 24.7 Å². The normalized spacial score (nSPS) is 16.8. The molecule has 1 atom stereocenters. The Balaban J connectivity index is 2.08. The maximum Gasteiger partial charge on any atom is 0.330 e. The number of pyridine rings is 1. The zero-order valence-corrected chi connectivity index (χ0v) is 13.0. The van der Waals surface area contributed by atoms with Gasteiger partial charge in [0.1, 0.15) is 0 Å². The second kappa shape index (κ2) is 6.62. The molecule has 1 aromatic carbocycles. The summed E-state index contributed by atoms with van der Waals surface area (Å²) in [4.78, 5) is 16.0. The van der Waals surface area contributed by atoms with Crippen molar-refractivity contribution in [2.75, 3.05) is 13.7 Å². The third-order valence-electron chi connectivity index (χ3n) is 3.52. The average molecular weight is 311 g/mol. The first kappa shape index (κ1) is 15.2. The number of para-hydroxylation sites is 1. The lowest BCUT2D eigenvalue weighted by Crippen LogP contribution is -2.14. The van der Waals surface area contributed by atoms with Gasteiger partial charge in [-0.1, -0.05) is 18.2 Å². The summed E-state index contributed by atoms with van der Waals surface area (Å²) in [5, 5.41) is 1.01. The predicted octanol–water partition coefficient (Wildman–Crippen LogP) is 3.37. The topological polar surface area (TPSA) is 57.7 Å². The van der Waals surface area contributed by atoms with E-state index in [1.807, 2.05) is 37.3 Å². The molecule has 5 nitrogen and oxygen atoms in total. The molecule has 0 N–H and O–H groups in total. The number of allylic oxidation sites excluding steroid dienone is 2. The van der Waals surface area contributed by atoms with Gasteiger partial charge in [-0.15, -0.1) is 0 Å². The number of benzene rings is 1. The summed E-state index contributed by atoms with van der Waals surface area (Å²) in [7, 11) is 1.34. The van der Waals surface area contributed by atoms with Gasteiger partial charge in [-0.3, -0.25) is 0 Å². The first-order chi connectivity index (χ1) is 11.2. The highest BCUT2D eigenvalue weighted by molar-refractivity contribution is 5.89. The SMILES string of the molecule is CCOC1OC=C(/C=C/C(=O)OC)c2nc3ccccc3cc21. The Hall–Kier alpha value is -2.66. The Bertz CT molecular complexity index is 795. The van der Waals surface area contributed by atoms with Crippen LogP contribution in [0.4, 0.5) is 0 Å². The summed E-state index contributed by atoms with van der Waals surface area (Å²) < 4.78 is 15.9. The van der Waals surface area contributed by atoms with E-state index in [0.29, 0.717) is 12.2 Å². The molecular formula is C18H17NO4. The number of carbonyl (C=O) groups is 1. The number of fused-ring (bicyclic) bond motifs is 2. The zero-order chi connectivity index (χ0) is 16.2. The third kappa shape index (κ3) is 3.10. The monoisotopic (exact) mass is 311 g/mol. The molecular weight excluding hydrogens is 294 g/mol.